The first-order valence-electron chi connectivity index (χ1n) is 6.97. The minimum Gasteiger partial charge on any atom is -0.385 e. The van der Waals surface area contributed by atoms with Gasteiger partial charge in [0, 0.05) is 37.0 Å². The predicted octanol–water partition coefficient (Wildman–Crippen LogP) is 2.14. The summed E-state index contributed by atoms with van der Waals surface area (Å²) in [7, 11) is 1.67. The van der Waals surface area contributed by atoms with Crippen LogP contribution in [-0.4, -0.2) is 44.5 Å². The number of fused-ring (bicyclic) bond motifs is 1. The summed E-state index contributed by atoms with van der Waals surface area (Å²) < 4.78 is 4.97. The number of rotatable bonds is 6. The summed E-state index contributed by atoms with van der Waals surface area (Å²) in [5.41, 5.74) is 1.17. The average Bonchev–Trinajstić information content (AvgIpc) is 2.43. The molecule has 0 fully saturated rings. The first kappa shape index (κ1) is 15.2. The van der Waals surface area contributed by atoms with Gasteiger partial charge in [-0.2, -0.15) is 0 Å². The van der Waals surface area contributed by atoms with E-state index >= 15 is 0 Å². The number of methoxy groups -OCH3 is 1. The maximum absolute atomic E-state index is 12.0. The van der Waals surface area contributed by atoms with Gasteiger partial charge in [0.1, 0.15) is 0 Å². The summed E-state index contributed by atoms with van der Waals surface area (Å²) in [5, 5.41) is 3.45. The van der Waals surface area contributed by atoms with Crippen LogP contribution in [0.4, 0.5) is 5.69 Å². The zero-order chi connectivity index (χ0) is 14.4. The second-order valence-electron chi connectivity index (χ2n) is 4.97. The van der Waals surface area contributed by atoms with Crippen LogP contribution in [-0.2, 0) is 9.53 Å². The Morgan fingerprint density at radius 3 is 3.10 bits per heavy atom. The fraction of sp³-hybridized carbons (Fsp3) is 0.533. The highest BCUT2D eigenvalue weighted by molar-refractivity contribution is 8.00. The maximum atomic E-state index is 12.0. The van der Waals surface area contributed by atoms with Crippen LogP contribution in [0.2, 0.25) is 0 Å². The number of thioether (sulfide) groups is 1. The Hall–Kier alpha value is -1.20. The molecule has 0 bridgehead atoms. The van der Waals surface area contributed by atoms with Crippen molar-refractivity contribution in [2.45, 2.75) is 23.5 Å². The molecule has 0 radical (unpaired) electrons. The quantitative estimate of drug-likeness (QED) is 0.816. The molecule has 0 saturated carbocycles. The minimum absolute atomic E-state index is 0.0787. The van der Waals surface area contributed by atoms with Gasteiger partial charge < -0.3 is 15.0 Å². The molecule has 4 nitrogen and oxygen atoms in total. The first-order chi connectivity index (χ1) is 9.70. The van der Waals surface area contributed by atoms with Gasteiger partial charge in [0.15, 0.2) is 0 Å². The van der Waals surface area contributed by atoms with Crippen molar-refractivity contribution < 1.29 is 9.53 Å². The van der Waals surface area contributed by atoms with Gasteiger partial charge in [-0.1, -0.05) is 19.1 Å². The average molecular weight is 294 g/mol. The molecular formula is C15H22N2O2S. The highest BCUT2D eigenvalue weighted by Crippen LogP contribution is 2.37. The van der Waals surface area contributed by atoms with E-state index in [0.29, 0.717) is 24.9 Å². The van der Waals surface area contributed by atoms with E-state index in [1.165, 1.54) is 10.6 Å². The molecule has 1 atom stereocenters. The molecule has 0 aromatic heterocycles. The van der Waals surface area contributed by atoms with E-state index in [-0.39, 0.29) is 5.91 Å². The first-order valence-corrected chi connectivity index (χ1v) is 7.85. The number of amides is 1. The van der Waals surface area contributed by atoms with E-state index in [2.05, 4.69) is 29.3 Å². The highest BCUT2D eigenvalue weighted by atomic mass is 32.2. The lowest BCUT2D eigenvalue weighted by Crippen LogP contribution is -2.42. The molecule has 1 aromatic carbocycles. The summed E-state index contributed by atoms with van der Waals surface area (Å²) in [6.07, 6.45) is 0.852. The Bertz CT molecular complexity index is 453. The summed E-state index contributed by atoms with van der Waals surface area (Å²) in [4.78, 5) is 15.4. The summed E-state index contributed by atoms with van der Waals surface area (Å²) >= 11 is 1.88. The van der Waals surface area contributed by atoms with E-state index < -0.39 is 0 Å². The van der Waals surface area contributed by atoms with E-state index in [1.807, 2.05) is 23.9 Å². The van der Waals surface area contributed by atoms with Crippen molar-refractivity contribution in [3.05, 3.63) is 24.3 Å². The molecule has 1 N–H and O–H groups in total. The predicted molar refractivity (Wildman–Crippen MR) is 83.5 cm³/mol. The van der Waals surface area contributed by atoms with Crippen LogP contribution >= 0.6 is 11.8 Å². The third kappa shape index (κ3) is 4.15. The van der Waals surface area contributed by atoms with Crippen molar-refractivity contribution in [3.63, 3.8) is 0 Å². The molecule has 1 amide bonds. The standard InChI is InChI=1S/C15H22N2O2S/c1-12-10-17(11-15(18)16-8-5-9-19-2)13-6-3-4-7-14(13)20-12/h3-4,6-7,12H,5,8-11H2,1-2H3,(H,16,18)/t12-/m0/s1. The Kier molecular flexibility index (Phi) is 5.73. The Balaban J connectivity index is 1.91. The number of nitrogens with one attached hydrogen (secondary N) is 1. The van der Waals surface area contributed by atoms with Crippen molar-refractivity contribution in [3.8, 4) is 0 Å². The van der Waals surface area contributed by atoms with Crippen LogP contribution in [0.15, 0.2) is 29.2 Å². The van der Waals surface area contributed by atoms with Gasteiger partial charge in [-0.25, -0.2) is 0 Å². The molecule has 0 aliphatic carbocycles. The zero-order valence-electron chi connectivity index (χ0n) is 12.1. The SMILES string of the molecule is COCCCNC(=O)CN1C[C@H](C)Sc2ccccc21. The Morgan fingerprint density at radius 2 is 2.30 bits per heavy atom. The van der Waals surface area contributed by atoms with Gasteiger partial charge in [0.05, 0.1) is 12.2 Å². The fourth-order valence-corrected chi connectivity index (χ4v) is 3.47. The van der Waals surface area contributed by atoms with Gasteiger partial charge in [-0.3, -0.25) is 4.79 Å². The van der Waals surface area contributed by atoms with E-state index in [0.717, 1.165) is 13.0 Å². The number of hydrogen-bond acceptors (Lipinski definition) is 4. The maximum Gasteiger partial charge on any atom is 0.239 e. The van der Waals surface area contributed by atoms with Gasteiger partial charge in [0.2, 0.25) is 5.91 Å². The number of hydrogen-bond donors (Lipinski definition) is 1. The second kappa shape index (κ2) is 7.55. The number of para-hydroxylation sites is 1. The third-order valence-electron chi connectivity index (χ3n) is 3.19. The number of benzene rings is 1. The topological polar surface area (TPSA) is 41.6 Å². The highest BCUT2D eigenvalue weighted by Gasteiger charge is 2.23. The minimum atomic E-state index is 0.0787. The lowest BCUT2D eigenvalue weighted by molar-refractivity contribution is -0.119. The smallest absolute Gasteiger partial charge is 0.239 e. The van der Waals surface area contributed by atoms with E-state index in [1.54, 1.807) is 7.11 Å². The molecular weight excluding hydrogens is 272 g/mol. The molecule has 1 aliphatic rings. The number of nitrogens with zero attached hydrogens (tertiary/aromatic N) is 1. The molecule has 0 saturated heterocycles. The van der Waals surface area contributed by atoms with E-state index in [9.17, 15) is 4.79 Å². The van der Waals surface area contributed by atoms with Gasteiger partial charge in [-0.15, -0.1) is 11.8 Å². The Labute approximate surface area is 124 Å². The lowest BCUT2D eigenvalue weighted by Gasteiger charge is -2.33. The summed E-state index contributed by atoms with van der Waals surface area (Å²) in [6.45, 7) is 4.89. The molecule has 5 heteroatoms. The number of carbonyl (C=O) groups is 1. The molecule has 1 aromatic rings. The normalized spacial score (nSPS) is 17.7. The van der Waals surface area contributed by atoms with Gasteiger partial charge in [0.25, 0.3) is 0 Å². The van der Waals surface area contributed by atoms with Crippen molar-refractivity contribution in [2.75, 3.05) is 38.3 Å². The molecule has 110 valence electrons. The number of ether oxygens (including phenoxy) is 1. The van der Waals surface area contributed by atoms with Gasteiger partial charge >= 0.3 is 0 Å². The van der Waals surface area contributed by atoms with Crippen LogP contribution in [0, 0.1) is 0 Å². The van der Waals surface area contributed by atoms with E-state index in [4.69, 9.17) is 4.74 Å². The molecule has 0 spiro atoms. The summed E-state index contributed by atoms with van der Waals surface area (Å²) in [6, 6.07) is 8.29. The van der Waals surface area contributed by atoms with Crippen LogP contribution in [0.1, 0.15) is 13.3 Å². The molecule has 1 heterocycles. The lowest BCUT2D eigenvalue weighted by atomic mass is 10.2. The third-order valence-corrected chi connectivity index (χ3v) is 4.34. The molecule has 1 aliphatic heterocycles. The van der Waals surface area contributed by atoms with Crippen molar-refractivity contribution in [2.24, 2.45) is 0 Å². The second-order valence-corrected chi connectivity index (χ2v) is 6.45. The van der Waals surface area contributed by atoms with Gasteiger partial charge in [-0.05, 0) is 18.6 Å². The van der Waals surface area contributed by atoms with Crippen LogP contribution in [0.5, 0.6) is 0 Å². The van der Waals surface area contributed by atoms with Crippen molar-refractivity contribution in [1.29, 1.82) is 0 Å². The number of carbonyl (C=O) groups excluding carboxylic acids is 1. The molecule has 2 rings (SSSR count). The zero-order valence-corrected chi connectivity index (χ0v) is 12.9. The van der Waals surface area contributed by atoms with Crippen molar-refractivity contribution >= 4 is 23.4 Å². The molecule has 0 unspecified atom stereocenters. The molecule has 20 heavy (non-hydrogen) atoms. The summed E-state index contributed by atoms with van der Waals surface area (Å²) in [5.74, 6) is 0.0787. The Morgan fingerprint density at radius 1 is 1.50 bits per heavy atom. The number of anilines is 1. The van der Waals surface area contributed by atoms with Crippen LogP contribution < -0.4 is 10.2 Å². The van der Waals surface area contributed by atoms with Crippen LogP contribution in [0.3, 0.4) is 0 Å². The monoisotopic (exact) mass is 294 g/mol. The fourth-order valence-electron chi connectivity index (χ4n) is 2.30. The largest absolute Gasteiger partial charge is 0.385 e. The van der Waals surface area contributed by atoms with Crippen LogP contribution in [0.25, 0.3) is 0 Å². The van der Waals surface area contributed by atoms with Crippen molar-refractivity contribution in [1.82, 2.24) is 5.32 Å².